The highest BCUT2D eigenvalue weighted by atomic mass is 32.1. The van der Waals surface area contributed by atoms with Gasteiger partial charge in [0.2, 0.25) is 5.91 Å². The van der Waals surface area contributed by atoms with Crippen molar-refractivity contribution in [3.05, 3.63) is 84.2 Å². The summed E-state index contributed by atoms with van der Waals surface area (Å²) >= 11 is 1.51. The molecule has 0 fully saturated rings. The van der Waals surface area contributed by atoms with Gasteiger partial charge in [0.1, 0.15) is 5.75 Å². The van der Waals surface area contributed by atoms with Gasteiger partial charge in [-0.05, 0) is 35.4 Å². The molecule has 0 aliphatic carbocycles. The van der Waals surface area contributed by atoms with Gasteiger partial charge in [0, 0.05) is 18.5 Å². The average molecular weight is 389 g/mol. The SMILES string of the molecule is COc1ccc2sc(N(Cc3ccncc3)C(=O)Cc3ccccc3)nc2c1. The first-order chi connectivity index (χ1) is 13.7. The van der Waals surface area contributed by atoms with Crippen LogP contribution >= 0.6 is 11.3 Å². The average Bonchev–Trinajstić information content (AvgIpc) is 3.16. The molecule has 0 radical (unpaired) electrons. The molecular weight excluding hydrogens is 370 g/mol. The van der Waals surface area contributed by atoms with Crippen LogP contribution in [0.15, 0.2) is 73.1 Å². The third-order valence-electron chi connectivity index (χ3n) is 4.40. The van der Waals surface area contributed by atoms with Crippen LogP contribution in [0.3, 0.4) is 0 Å². The quantitative estimate of drug-likeness (QED) is 0.488. The molecule has 5 nitrogen and oxygen atoms in total. The highest BCUT2D eigenvalue weighted by molar-refractivity contribution is 7.22. The van der Waals surface area contributed by atoms with Crippen molar-refractivity contribution < 1.29 is 9.53 Å². The van der Waals surface area contributed by atoms with E-state index in [1.807, 2.05) is 60.7 Å². The number of carbonyl (C=O) groups excluding carboxylic acids is 1. The molecule has 4 rings (SSSR count). The first-order valence-electron chi connectivity index (χ1n) is 8.91. The number of anilines is 1. The van der Waals surface area contributed by atoms with Crippen LogP contribution in [0, 0.1) is 0 Å². The Morgan fingerprint density at radius 1 is 1.04 bits per heavy atom. The molecule has 0 atom stereocenters. The summed E-state index contributed by atoms with van der Waals surface area (Å²) in [7, 11) is 1.63. The summed E-state index contributed by atoms with van der Waals surface area (Å²) in [6.07, 6.45) is 3.79. The summed E-state index contributed by atoms with van der Waals surface area (Å²) in [4.78, 5) is 23.7. The fourth-order valence-corrected chi connectivity index (χ4v) is 3.90. The van der Waals surface area contributed by atoms with Crippen LogP contribution in [0.1, 0.15) is 11.1 Å². The van der Waals surface area contributed by atoms with Crippen LogP contribution in [0.4, 0.5) is 5.13 Å². The molecule has 140 valence electrons. The van der Waals surface area contributed by atoms with Crippen LogP contribution in [0.5, 0.6) is 5.75 Å². The standard InChI is InChI=1S/C22H19N3O2S/c1-27-18-7-8-20-19(14-18)24-22(28-20)25(15-17-9-11-23-12-10-17)21(26)13-16-5-3-2-4-6-16/h2-12,14H,13,15H2,1H3. The molecule has 0 aliphatic heterocycles. The number of pyridine rings is 1. The molecule has 0 aliphatic rings. The first kappa shape index (κ1) is 18.1. The lowest BCUT2D eigenvalue weighted by atomic mass is 10.1. The van der Waals surface area contributed by atoms with Crippen molar-refractivity contribution in [1.82, 2.24) is 9.97 Å². The molecule has 2 aromatic carbocycles. The van der Waals surface area contributed by atoms with Crippen molar-refractivity contribution in [3.8, 4) is 5.75 Å². The number of hydrogen-bond donors (Lipinski definition) is 0. The zero-order chi connectivity index (χ0) is 19.3. The number of ether oxygens (including phenoxy) is 1. The Balaban J connectivity index is 1.68. The molecule has 6 heteroatoms. The second-order valence-electron chi connectivity index (χ2n) is 6.33. The van der Waals surface area contributed by atoms with E-state index < -0.39 is 0 Å². The van der Waals surface area contributed by atoms with Crippen LogP contribution < -0.4 is 9.64 Å². The number of benzene rings is 2. The van der Waals surface area contributed by atoms with Gasteiger partial charge in [-0.1, -0.05) is 41.7 Å². The third-order valence-corrected chi connectivity index (χ3v) is 5.46. The molecular formula is C22H19N3O2S. The lowest BCUT2D eigenvalue weighted by Crippen LogP contribution is -2.31. The number of hydrogen-bond acceptors (Lipinski definition) is 5. The number of amides is 1. The Labute approximate surface area is 167 Å². The topological polar surface area (TPSA) is 55.3 Å². The monoisotopic (exact) mass is 389 g/mol. The minimum Gasteiger partial charge on any atom is -0.497 e. The summed E-state index contributed by atoms with van der Waals surface area (Å²) in [6, 6.07) is 19.4. The lowest BCUT2D eigenvalue weighted by molar-refractivity contribution is -0.118. The number of methoxy groups -OCH3 is 1. The van der Waals surface area contributed by atoms with E-state index in [9.17, 15) is 4.79 Å². The molecule has 0 spiro atoms. The minimum atomic E-state index is 0.00836. The van der Waals surface area contributed by atoms with E-state index in [1.165, 1.54) is 11.3 Å². The molecule has 2 heterocycles. The van der Waals surface area contributed by atoms with Crippen molar-refractivity contribution in [1.29, 1.82) is 0 Å². The van der Waals surface area contributed by atoms with Crippen LogP contribution in [-0.4, -0.2) is 23.0 Å². The Bertz CT molecular complexity index is 1080. The van der Waals surface area contributed by atoms with E-state index in [4.69, 9.17) is 9.72 Å². The third kappa shape index (κ3) is 4.02. The number of thiazole rings is 1. The fourth-order valence-electron chi connectivity index (χ4n) is 2.94. The summed E-state index contributed by atoms with van der Waals surface area (Å²) < 4.78 is 6.31. The second-order valence-corrected chi connectivity index (χ2v) is 7.34. The van der Waals surface area contributed by atoms with E-state index in [-0.39, 0.29) is 5.91 Å². The van der Waals surface area contributed by atoms with E-state index in [0.717, 1.165) is 27.1 Å². The molecule has 0 bridgehead atoms. The van der Waals surface area contributed by atoms with Gasteiger partial charge < -0.3 is 4.74 Å². The number of nitrogens with zero attached hydrogens (tertiary/aromatic N) is 3. The molecule has 2 aromatic heterocycles. The van der Waals surface area contributed by atoms with E-state index in [1.54, 1.807) is 24.4 Å². The second kappa shape index (κ2) is 8.19. The zero-order valence-corrected chi connectivity index (χ0v) is 16.2. The van der Waals surface area contributed by atoms with Crippen molar-refractivity contribution in [3.63, 3.8) is 0 Å². The Morgan fingerprint density at radius 3 is 2.57 bits per heavy atom. The molecule has 0 unspecified atom stereocenters. The predicted octanol–water partition coefficient (Wildman–Crippen LogP) is 4.48. The largest absolute Gasteiger partial charge is 0.497 e. The molecule has 1 amide bonds. The van der Waals surface area contributed by atoms with Gasteiger partial charge in [-0.15, -0.1) is 0 Å². The summed E-state index contributed by atoms with van der Waals surface area (Å²) in [5.41, 5.74) is 2.81. The van der Waals surface area contributed by atoms with E-state index >= 15 is 0 Å². The minimum absolute atomic E-state index is 0.00836. The zero-order valence-electron chi connectivity index (χ0n) is 15.4. The van der Waals surface area contributed by atoms with Crippen molar-refractivity contribution >= 4 is 32.6 Å². The smallest absolute Gasteiger partial charge is 0.233 e. The van der Waals surface area contributed by atoms with Gasteiger partial charge in [0.15, 0.2) is 5.13 Å². The van der Waals surface area contributed by atoms with Gasteiger partial charge in [0.05, 0.1) is 30.3 Å². The van der Waals surface area contributed by atoms with Gasteiger partial charge in [0.25, 0.3) is 0 Å². The molecule has 28 heavy (non-hydrogen) atoms. The highest BCUT2D eigenvalue weighted by Gasteiger charge is 2.20. The van der Waals surface area contributed by atoms with Crippen LogP contribution in [0.25, 0.3) is 10.2 Å². The maximum Gasteiger partial charge on any atom is 0.233 e. The van der Waals surface area contributed by atoms with E-state index in [0.29, 0.717) is 18.1 Å². The Morgan fingerprint density at radius 2 is 1.82 bits per heavy atom. The predicted molar refractivity (Wildman–Crippen MR) is 112 cm³/mol. The molecule has 0 saturated heterocycles. The lowest BCUT2D eigenvalue weighted by Gasteiger charge is -2.20. The Hall–Kier alpha value is -3.25. The molecule has 4 aromatic rings. The maximum absolute atomic E-state index is 13.2. The summed E-state index contributed by atoms with van der Waals surface area (Å²) in [5, 5.41) is 0.681. The number of rotatable bonds is 6. The molecule has 0 N–H and O–H groups in total. The van der Waals surface area contributed by atoms with Gasteiger partial charge >= 0.3 is 0 Å². The fraction of sp³-hybridized carbons (Fsp3) is 0.136. The summed E-state index contributed by atoms with van der Waals surface area (Å²) in [5.74, 6) is 0.759. The van der Waals surface area contributed by atoms with Gasteiger partial charge in [-0.25, -0.2) is 4.98 Å². The number of fused-ring (bicyclic) bond motifs is 1. The van der Waals surface area contributed by atoms with Crippen LogP contribution in [-0.2, 0) is 17.8 Å². The van der Waals surface area contributed by atoms with Gasteiger partial charge in [-0.3, -0.25) is 14.7 Å². The number of carbonyl (C=O) groups is 1. The highest BCUT2D eigenvalue weighted by Crippen LogP contribution is 2.32. The number of aromatic nitrogens is 2. The maximum atomic E-state index is 13.2. The van der Waals surface area contributed by atoms with Crippen molar-refractivity contribution in [2.75, 3.05) is 12.0 Å². The van der Waals surface area contributed by atoms with Crippen molar-refractivity contribution in [2.45, 2.75) is 13.0 Å². The Kier molecular flexibility index (Phi) is 5.30. The first-order valence-corrected chi connectivity index (χ1v) is 9.72. The van der Waals surface area contributed by atoms with Crippen molar-refractivity contribution in [2.24, 2.45) is 0 Å². The van der Waals surface area contributed by atoms with Crippen LogP contribution in [0.2, 0.25) is 0 Å². The van der Waals surface area contributed by atoms with Gasteiger partial charge in [-0.2, -0.15) is 0 Å². The van der Waals surface area contributed by atoms with E-state index in [2.05, 4.69) is 4.98 Å². The summed E-state index contributed by atoms with van der Waals surface area (Å²) in [6.45, 7) is 0.450. The molecule has 0 saturated carbocycles. The normalized spacial score (nSPS) is 10.8.